The van der Waals surface area contributed by atoms with E-state index in [-0.39, 0.29) is 5.91 Å². The second-order valence-corrected chi connectivity index (χ2v) is 8.67. The predicted molar refractivity (Wildman–Crippen MR) is 114 cm³/mol. The zero-order valence-electron chi connectivity index (χ0n) is 16.0. The van der Waals surface area contributed by atoms with Crippen molar-refractivity contribution in [1.82, 2.24) is 0 Å². The van der Waals surface area contributed by atoms with Gasteiger partial charge in [-0.15, -0.1) is 0 Å². The Bertz CT molecular complexity index is 1110. The van der Waals surface area contributed by atoms with E-state index in [1.165, 1.54) is 7.05 Å². The van der Waals surface area contributed by atoms with Gasteiger partial charge >= 0.3 is 0 Å². The highest BCUT2D eigenvalue weighted by atomic mass is 32.2. The topological polar surface area (TPSA) is 66.5 Å². The lowest BCUT2D eigenvalue weighted by Gasteiger charge is -2.21. The standard InChI is InChI=1S/C22H22N2O3S/c1-16-8-7-11-19(14-16)22(25)23-20-15-18(17-9-5-4-6-10-17)12-13-21(20)24(2)28(3,26)27/h4-15H,1-3H3,(H,23,25). The molecule has 0 bridgehead atoms. The molecule has 0 radical (unpaired) electrons. The zero-order chi connectivity index (χ0) is 20.3. The van der Waals surface area contributed by atoms with Gasteiger partial charge in [0, 0.05) is 12.6 Å². The first-order valence-corrected chi connectivity index (χ1v) is 10.6. The van der Waals surface area contributed by atoms with Gasteiger partial charge in [-0.3, -0.25) is 9.10 Å². The van der Waals surface area contributed by atoms with Crippen molar-refractivity contribution in [2.45, 2.75) is 6.92 Å². The molecule has 1 N–H and O–H groups in total. The van der Waals surface area contributed by atoms with Gasteiger partial charge in [0.1, 0.15) is 0 Å². The first-order chi connectivity index (χ1) is 13.3. The molecule has 144 valence electrons. The lowest BCUT2D eigenvalue weighted by Crippen LogP contribution is -2.26. The molecule has 0 saturated heterocycles. The third-order valence-corrected chi connectivity index (χ3v) is 5.66. The number of amides is 1. The minimum atomic E-state index is -3.48. The van der Waals surface area contributed by atoms with E-state index in [0.717, 1.165) is 27.3 Å². The van der Waals surface area contributed by atoms with E-state index in [4.69, 9.17) is 0 Å². The highest BCUT2D eigenvalue weighted by molar-refractivity contribution is 7.92. The van der Waals surface area contributed by atoms with Gasteiger partial charge in [0.25, 0.3) is 5.91 Å². The second kappa shape index (κ2) is 7.86. The highest BCUT2D eigenvalue weighted by Gasteiger charge is 2.18. The van der Waals surface area contributed by atoms with Crippen LogP contribution in [0.25, 0.3) is 11.1 Å². The molecule has 5 nitrogen and oxygen atoms in total. The van der Waals surface area contributed by atoms with Crippen molar-refractivity contribution < 1.29 is 13.2 Å². The number of sulfonamides is 1. The Balaban J connectivity index is 2.05. The highest BCUT2D eigenvalue weighted by Crippen LogP contribution is 2.32. The molecule has 0 heterocycles. The lowest BCUT2D eigenvalue weighted by molar-refractivity contribution is 0.102. The number of rotatable bonds is 5. The Morgan fingerprint density at radius 2 is 1.61 bits per heavy atom. The van der Waals surface area contributed by atoms with Crippen molar-refractivity contribution in [3.8, 4) is 11.1 Å². The number of aryl methyl sites for hydroxylation is 1. The van der Waals surface area contributed by atoms with Crippen molar-refractivity contribution >= 4 is 27.3 Å². The Morgan fingerprint density at radius 3 is 2.25 bits per heavy atom. The minimum absolute atomic E-state index is 0.294. The van der Waals surface area contributed by atoms with E-state index >= 15 is 0 Å². The van der Waals surface area contributed by atoms with Crippen LogP contribution in [0.1, 0.15) is 15.9 Å². The second-order valence-electron chi connectivity index (χ2n) is 6.65. The van der Waals surface area contributed by atoms with Crippen LogP contribution in [0.5, 0.6) is 0 Å². The fraction of sp³-hybridized carbons (Fsp3) is 0.136. The summed E-state index contributed by atoms with van der Waals surface area (Å²) in [6.45, 7) is 1.91. The van der Waals surface area contributed by atoms with E-state index in [2.05, 4.69) is 5.32 Å². The van der Waals surface area contributed by atoms with E-state index in [0.29, 0.717) is 16.9 Å². The first kappa shape index (κ1) is 19.6. The third-order valence-electron chi connectivity index (χ3n) is 4.47. The molecule has 0 saturated carbocycles. The van der Waals surface area contributed by atoms with E-state index < -0.39 is 10.0 Å². The number of benzene rings is 3. The molecule has 0 atom stereocenters. The smallest absolute Gasteiger partial charge is 0.255 e. The normalized spacial score (nSPS) is 11.1. The van der Waals surface area contributed by atoms with Crippen LogP contribution in [0, 0.1) is 6.92 Å². The number of carbonyl (C=O) groups excluding carboxylic acids is 1. The van der Waals surface area contributed by atoms with Gasteiger partial charge in [0.2, 0.25) is 10.0 Å². The molecule has 0 aliphatic rings. The average Bonchev–Trinajstić information content (AvgIpc) is 2.67. The summed E-state index contributed by atoms with van der Waals surface area (Å²) in [7, 11) is -2.01. The van der Waals surface area contributed by atoms with Gasteiger partial charge < -0.3 is 5.32 Å². The molecule has 3 aromatic rings. The molecule has 28 heavy (non-hydrogen) atoms. The minimum Gasteiger partial charge on any atom is -0.320 e. The molecule has 0 aliphatic carbocycles. The van der Waals surface area contributed by atoms with Crippen LogP contribution < -0.4 is 9.62 Å². The quantitative estimate of drug-likeness (QED) is 0.701. The van der Waals surface area contributed by atoms with E-state index in [9.17, 15) is 13.2 Å². The van der Waals surface area contributed by atoms with Crippen LogP contribution in [-0.4, -0.2) is 27.6 Å². The van der Waals surface area contributed by atoms with Crippen LogP contribution in [0.3, 0.4) is 0 Å². The van der Waals surface area contributed by atoms with Crippen molar-refractivity contribution in [1.29, 1.82) is 0 Å². The van der Waals surface area contributed by atoms with Crippen molar-refractivity contribution in [3.05, 3.63) is 83.9 Å². The zero-order valence-corrected chi connectivity index (χ0v) is 16.8. The summed E-state index contributed by atoms with van der Waals surface area (Å²) >= 11 is 0. The molecule has 1 amide bonds. The van der Waals surface area contributed by atoms with Crippen LogP contribution in [0.2, 0.25) is 0 Å². The average molecular weight is 394 g/mol. The first-order valence-electron chi connectivity index (χ1n) is 8.77. The van der Waals surface area contributed by atoms with Crippen LogP contribution in [0.4, 0.5) is 11.4 Å². The maximum Gasteiger partial charge on any atom is 0.255 e. The number of hydrogen-bond acceptors (Lipinski definition) is 3. The van der Waals surface area contributed by atoms with Crippen LogP contribution in [0.15, 0.2) is 72.8 Å². The summed E-state index contributed by atoms with van der Waals surface area (Å²) < 4.78 is 25.3. The van der Waals surface area contributed by atoms with Gasteiger partial charge in [-0.1, -0.05) is 54.1 Å². The molecule has 6 heteroatoms. The van der Waals surface area contributed by atoms with Crippen molar-refractivity contribution in [2.24, 2.45) is 0 Å². The fourth-order valence-corrected chi connectivity index (χ4v) is 3.40. The molecule has 0 spiro atoms. The number of nitrogens with one attached hydrogen (secondary N) is 1. The summed E-state index contributed by atoms with van der Waals surface area (Å²) in [4.78, 5) is 12.8. The number of carbonyl (C=O) groups is 1. The molecule has 0 fully saturated rings. The summed E-state index contributed by atoms with van der Waals surface area (Å²) in [5.74, 6) is -0.294. The SMILES string of the molecule is Cc1cccc(C(=O)Nc2cc(-c3ccccc3)ccc2N(C)S(C)(=O)=O)c1. The lowest BCUT2D eigenvalue weighted by atomic mass is 10.0. The van der Waals surface area contributed by atoms with E-state index in [1.54, 1.807) is 24.3 Å². The van der Waals surface area contributed by atoms with Crippen LogP contribution in [-0.2, 0) is 10.0 Å². The Morgan fingerprint density at radius 1 is 0.893 bits per heavy atom. The summed E-state index contributed by atoms with van der Waals surface area (Å²) in [6.07, 6.45) is 1.13. The van der Waals surface area contributed by atoms with Gasteiger partial charge in [-0.25, -0.2) is 8.42 Å². The fourth-order valence-electron chi connectivity index (χ4n) is 2.88. The molecular weight excluding hydrogens is 372 g/mol. The molecular formula is C22H22N2O3S. The summed E-state index contributed by atoms with van der Waals surface area (Å²) in [5, 5.41) is 2.87. The van der Waals surface area contributed by atoms with Gasteiger partial charge in [-0.2, -0.15) is 0 Å². The van der Waals surface area contributed by atoms with Gasteiger partial charge in [0.15, 0.2) is 0 Å². The van der Waals surface area contributed by atoms with Crippen molar-refractivity contribution in [2.75, 3.05) is 22.9 Å². The van der Waals surface area contributed by atoms with E-state index in [1.807, 2.05) is 55.5 Å². The molecule has 3 aromatic carbocycles. The molecule has 3 rings (SSSR count). The number of anilines is 2. The van der Waals surface area contributed by atoms with Crippen LogP contribution >= 0.6 is 0 Å². The molecule has 0 aliphatic heterocycles. The monoisotopic (exact) mass is 394 g/mol. The molecule has 0 unspecified atom stereocenters. The number of hydrogen-bond donors (Lipinski definition) is 1. The Labute approximate surface area is 165 Å². The number of nitrogens with zero attached hydrogens (tertiary/aromatic N) is 1. The van der Waals surface area contributed by atoms with Crippen molar-refractivity contribution in [3.63, 3.8) is 0 Å². The Kier molecular flexibility index (Phi) is 5.51. The Hall–Kier alpha value is -3.12. The molecule has 0 aromatic heterocycles. The van der Waals surface area contributed by atoms with Gasteiger partial charge in [-0.05, 0) is 42.3 Å². The largest absolute Gasteiger partial charge is 0.320 e. The maximum absolute atomic E-state index is 12.8. The predicted octanol–water partition coefficient (Wildman–Crippen LogP) is 4.31. The third kappa shape index (κ3) is 4.40. The summed E-state index contributed by atoms with van der Waals surface area (Å²) in [5.41, 5.74) is 4.18. The van der Waals surface area contributed by atoms with Gasteiger partial charge in [0.05, 0.1) is 17.6 Å². The summed E-state index contributed by atoms with van der Waals surface area (Å²) in [6, 6.07) is 22.3. The maximum atomic E-state index is 12.8.